The highest BCUT2D eigenvalue weighted by Crippen LogP contribution is 2.48. The Kier molecular flexibility index (Phi) is 6.16. The highest BCUT2D eigenvalue weighted by Gasteiger charge is 2.35. The van der Waals surface area contributed by atoms with Crippen molar-refractivity contribution in [2.24, 2.45) is 5.92 Å². The van der Waals surface area contributed by atoms with Gasteiger partial charge in [-0.2, -0.15) is 0 Å². The lowest BCUT2D eigenvalue weighted by Gasteiger charge is -2.27. The molecular formula is C22H24O7. The van der Waals surface area contributed by atoms with E-state index in [9.17, 15) is 9.90 Å². The average Bonchev–Trinajstić information content (AvgIpc) is 2.73. The summed E-state index contributed by atoms with van der Waals surface area (Å²) < 4.78 is 27.5. The molecule has 0 saturated heterocycles. The smallest absolute Gasteiger partial charge is 0.204 e. The maximum absolute atomic E-state index is 13.2. The quantitative estimate of drug-likeness (QED) is 0.680. The fourth-order valence-corrected chi connectivity index (χ4v) is 3.35. The lowest BCUT2D eigenvalue weighted by atomic mass is 9.88. The molecule has 0 aliphatic carbocycles. The Labute approximate surface area is 169 Å². The van der Waals surface area contributed by atoms with Gasteiger partial charge in [-0.3, -0.25) is 4.79 Å². The topological polar surface area (TPSA) is 83.5 Å². The second-order valence-electron chi connectivity index (χ2n) is 6.50. The van der Waals surface area contributed by atoms with Crippen LogP contribution in [0.3, 0.4) is 0 Å². The van der Waals surface area contributed by atoms with Crippen LogP contribution in [0.5, 0.6) is 34.5 Å². The van der Waals surface area contributed by atoms with Gasteiger partial charge in [-0.15, -0.1) is 0 Å². The molecule has 7 heteroatoms. The summed E-state index contributed by atoms with van der Waals surface area (Å²) >= 11 is 0. The van der Waals surface area contributed by atoms with Crippen LogP contribution in [0.4, 0.5) is 0 Å². The number of Topliss-reactive ketones (excluding diaryl/α,β-unsaturated/α-hetero) is 1. The molecule has 29 heavy (non-hydrogen) atoms. The zero-order valence-electron chi connectivity index (χ0n) is 16.7. The molecule has 0 bridgehead atoms. The number of ketones is 1. The molecule has 2 aromatic carbocycles. The first kappa shape index (κ1) is 20.4. The lowest BCUT2D eigenvalue weighted by Crippen LogP contribution is -2.30. The molecule has 2 aromatic rings. The van der Waals surface area contributed by atoms with Crippen LogP contribution in [-0.2, 0) is 6.42 Å². The number of benzene rings is 2. The first-order valence-corrected chi connectivity index (χ1v) is 9.09. The van der Waals surface area contributed by atoms with E-state index in [4.69, 9.17) is 23.7 Å². The van der Waals surface area contributed by atoms with E-state index in [1.165, 1.54) is 21.3 Å². The van der Waals surface area contributed by atoms with Gasteiger partial charge in [0.15, 0.2) is 28.8 Å². The Balaban J connectivity index is 1.94. The Hall–Kier alpha value is -3.35. The summed E-state index contributed by atoms with van der Waals surface area (Å²) in [5, 5.41) is 10.00. The molecule has 0 amide bonds. The van der Waals surface area contributed by atoms with E-state index in [0.29, 0.717) is 35.0 Å². The van der Waals surface area contributed by atoms with Crippen LogP contribution >= 0.6 is 0 Å². The van der Waals surface area contributed by atoms with Gasteiger partial charge >= 0.3 is 0 Å². The van der Waals surface area contributed by atoms with Crippen molar-refractivity contribution in [3.05, 3.63) is 48.0 Å². The molecule has 0 radical (unpaired) electrons. The molecular weight excluding hydrogens is 376 g/mol. The Morgan fingerprint density at radius 2 is 1.90 bits per heavy atom. The van der Waals surface area contributed by atoms with Crippen molar-refractivity contribution in [1.29, 1.82) is 0 Å². The molecule has 0 aromatic heterocycles. The number of fused-ring (bicyclic) bond motifs is 1. The SMILES string of the molecule is C=CCOc1cc2c(c(OC)c1OC)C(=O)C(Cc1ccc(OC)c(O)c1)CO2. The van der Waals surface area contributed by atoms with Crippen molar-refractivity contribution < 1.29 is 33.6 Å². The predicted molar refractivity (Wildman–Crippen MR) is 107 cm³/mol. The van der Waals surface area contributed by atoms with Gasteiger partial charge in [0.1, 0.15) is 17.9 Å². The summed E-state index contributed by atoms with van der Waals surface area (Å²) in [7, 11) is 4.43. The molecule has 0 saturated carbocycles. The van der Waals surface area contributed by atoms with Crippen LogP contribution in [0.15, 0.2) is 36.9 Å². The van der Waals surface area contributed by atoms with Gasteiger partial charge in [-0.05, 0) is 24.1 Å². The number of carbonyl (C=O) groups excluding carboxylic acids is 1. The van der Waals surface area contributed by atoms with Gasteiger partial charge < -0.3 is 28.8 Å². The lowest BCUT2D eigenvalue weighted by molar-refractivity contribution is 0.0823. The number of hydrogen-bond donors (Lipinski definition) is 1. The van der Waals surface area contributed by atoms with E-state index in [0.717, 1.165) is 5.56 Å². The van der Waals surface area contributed by atoms with Gasteiger partial charge in [0, 0.05) is 6.07 Å². The van der Waals surface area contributed by atoms with E-state index in [2.05, 4.69) is 6.58 Å². The van der Waals surface area contributed by atoms with Crippen LogP contribution in [0, 0.1) is 5.92 Å². The second kappa shape index (κ2) is 8.77. The third-order valence-corrected chi connectivity index (χ3v) is 4.71. The number of phenols is 1. The Morgan fingerprint density at radius 3 is 2.52 bits per heavy atom. The number of aromatic hydroxyl groups is 1. The third kappa shape index (κ3) is 3.94. The number of rotatable bonds is 8. The summed E-state index contributed by atoms with van der Waals surface area (Å²) in [5.74, 6) is 1.25. The first-order chi connectivity index (χ1) is 14.0. The number of hydrogen-bond acceptors (Lipinski definition) is 7. The van der Waals surface area contributed by atoms with Gasteiger partial charge in [0.25, 0.3) is 0 Å². The Bertz CT molecular complexity index is 920. The van der Waals surface area contributed by atoms with Crippen LogP contribution in [-0.4, -0.2) is 45.4 Å². The predicted octanol–water partition coefficient (Wildman–Crippen LogP) is 3.42. The molecule has 1 aliphatic rings. The zero-order chi connectivity index (χ0) is 21.0. The van der Waals surface area contributed by atoms with E-state index < -0.39 is 5.92 Å². The standard InChI is InChI=1S/C22H24O7/c1-5-8-28-18-11-17-19(22(27-4)21(18)26-3)20(24)14(12-29-17)9-13-6-7-16(25-2)15(23)10-13/h5-7,10-11,14,23H,1,8-9,12H2,2-4H3. The van der Waals surface area contributed by atoms with Crippen molar-refractivity contribution in [3.63, 3.8) is 0 Å². The fourth-order valence-electron chi connectivity index (χ4n) is 3.35. The number of phenolic OH excluding ortho intramolecular Hbond substituents is 1. The molecule has 1 unspecified atom stereocenters. The van der Waals surface area contributed by atoms with Crippen molar-refractivity contribution in [2.45, 2.75) is 6.42 Å². The van der Waals surface area contributed by atoms with Gasteiger partial charge in [-0.1, -0.05) is 18.7 Å². The molecule has 1 aliphatic heterocycles. The molecule has 1 N–H and O–H groups in total. The minimum Gasteiger partial charge on any atom is -0.504 e. The van der Waals surface area contributed by atoms with E-state index in [-0.39, 0.29) is 30.5 Å². The highest BCUT2D eigenvalue weighted by atomic mass is 16.5. The van der Waals surface area contributed by atoms with Crippen LogP contribution in [0.25, 0.3) is 0 Å². The van der Waals surface area contributed by atoms with Crippen LogP contribution in [0.2, 0.25) is 0 Å². The highest BCUT2D eigenvalue weighted by molar-refractivity contribution is 6.05. The van der Waals surface area contributed by atoms with Gasteiger partial charge in [-0.25, -0.2) is 0 Å². The number of carbonyl (C=O) groups is 1. The van der Waals surface area contributed by atoms with Gasteiger partial charge in [0.05, 0.1) is 33.9 Å². The largest absolute Gasteiger partial charge is 0.504 e. The minimum absolute atomic E-state index is 0.0258. The van der Waals surface area contributed by atoms with Crippen LogP contribution in [0.1, 0.15) is 15.9 Å². The minimum atomic E-state index is -0.436. The Morgan fingerprint density at radius 1 is 1.14 bits per heavy atom. The maximum Gasteiger partial charge on any atom is 0.204 e. The van der Waals surface area contributed by atoms with Crippen molar-refractivity contribution in [2.75, 3.05) is 34.5 Å². The molecule has 7 nitrogen and oxygen atoms in total. The third-order valence-electron chi connectivity index (χ3n) is 4.71. The van der Waals surface area contributed by atoms with E-state index in [1.807, 2.05) is 6.07 Å². The summed E-state index contributed by atoms with van der Waals surface area (Å²) in [5.41, 5.74) is 1.12. The summed E-state index contributed by atoms with van der Waals surface area (Å²) in [6.45, 7) is 4.11. The van der Waals surface area contributed by atoms with Gasteiger partial charge in [0.2, 0.25) is 5.75 Å². The van der Waals surface area contributed by atoms with E-state index in [1.54, 1.807) is 24.3 Å². The zero-order valence-corrected chi connectivity index (χ0v) is 16.7. The molecule has 1 heterocycles. The molecule has 1 atom stereocenters. The molecule has 0 spiro atoms. The summed E-state index contributed by atoms with van der Waals surface area (Å²) in [6, 6.07) is 6.70. The monoisotopic (exact) mass is 400 g/mol. The molecule has 154 valence electrons. The molecule has 0 fully saturated rings. The maximum atomic E-state index is 13.2. The van der Waals surface area contributed by atoms with E-state index >= 15 is 0 Å². The normalized spacial score (nSPS) is 15.1. The van der Waals surface area contributed by atoms with Crippen molar-refractivity contribution in [3.8, 4) is 34.5 Å². The summed E-state index contributed by atoms with van der Waals surface area (Å²) in [4.78, 5) is 13.2. The van der Waals surface area contributed by atoms with Crippen molar-refractivity contribution >= 4 is 5.78 Å². The number of ether oxygens (including phenoxy) is 5. The van der Waals surface area contributed by atoms with Crippen LogP contribution < -0.4 is 23.7 Å². The number of methoxy groups -OCH3 is 3. The average molecular weight is 400 g/mol. The fraction of sp³-hybridized carbons (Fsp3) is 0.318. The first-order valence-electron chi connectivity index (χ1n) is 9.09. The van der Waals surface area contributed by atoms with Crippen molar-refractivity contribution in [1.82, 2.24) is 0 Å². The summed E-state index contributed by atoms with van der Waals surface area (Å²) in [6.07, 6.45) is 2.01. The molecule has 3 rings (SSSR count). The second-order valence-corrected chi connectivity index (χ2v) is 6.50.